The van der Waals surface area contributed by atoms with Gasteiger partial charge in [-0.05, 0) is 36.4 Å². The topological polar surface area (TPSA) is 35.5 Å². The summed E-state index contributed by atoms with van der Waals surface area (Å²) in [4.78, 5) is 0. The third kappa shape index (κ3) is 2.83. The Balaban J connectivity index is 2.27. The van der Waals surface area contributed by atoms with Crippen molar-refractivity contribution in [1.82, 2.24) is 0 Å². The molecule has 0 saturated carbocycles. The monoisotopic (exact) mass is 338 g/mol. The Bertz CT molecular complexity index is 858. The van der Waals surface area contributed by atoms with Crippen molar-refractivity contribution in [3.8, 4) is 11.5 Å². The van der Waals surface area contributed by atoms with Crippen molar-refractivity contribution in [3.63, 3.8) is 0 Å². The molecule has 0 aliphatic rings. The van der Waals surface area contributed by atoms with Crippen LogP contribution in [-0.2, 0) is 4.57 Å². The van der Waals surface area contributed by atoms with E-state index in [1.165, 1.54) is 0 Å². The molecule has 0 heterocycles. The largest absolute Gasteiger partial charge is 0.497 e. The number of hydrogen-bond donors (Lipinski definition) is 0. The molecule has 4 heteroatoms. The lowest BCUT2D eigenvalue weighted by Gasteiger charge is -2.22. The van der Waals surface area contributed by atoms with Gasteiger partial charge in [0.15, 0.2) is 7.14 Å². The van der Waals surface area contributed by atoms with Gasteiger partial charge in [-0.3, -0.25) is 0 Å². The Labute approximate surface area is 142 Å². The van der Waals surface area contributed by atoms with Crippen LogP contribution in [0.3, 0.4) is 0 Å². The lowest BCUT2D eigenvalue weighted by atomic mass is 10.3. The smallest absolute Gasteiger partial charge is 0.174 e. The highest BCUT2D eigenvalue weighted by molar-refractivity contribution is 7.85. The Hall–Kier alpha value is -2.51. The second kappa shape index (κ2) is 6.94. The second-order valence-corrected chi connectivity index (χ2v) is 8.05. The van der Waals surface area contributed by atoms with Crippen molar-refractivity contribution in [2.75, 3.05) is 14.2 Å². The molecule has 0 fully saturated rings. The van der Waals surface area contributed by atoms with Crippen molar-refractivity contribution in [2.24, 2.45) is 0 Å². The zero-order valence-electron chi connectivity index (χ0n) is 13.7. The first-order chi connectivity index (χ1) is 11.7. The third-order valence-corrected chi connectivity index (χ3v) is 7.08. The van der Waals surface area contributed by atoms with Crippen molar-refractivity contribution in [2.45, 2.75) is 0 Å². The summed E-state index contributed by atoms with van der Waals surface area (Å²) in [6.07, 6.45) is 0. The number of benzene rings is 3. The molecule has 3 nitrogen and oxygen atoms in total. The Morgan fingerprint density at radius 2 is 1.25 bits per heavy atom. The lowest BCUT2D eigenvalue weighted by molar-refractivity contribution is 0.415. The maximum absolute atomic E-state index is 14.3. The standard InChI is InChI=1S/C20H19O3P/c1-22-16-12-14-18(15-13-16)24(21,17-8-4-3-5-9-17)20-11-7-6-10-19(20)23-2/h3-15H,1-2H3/t24-/m0/s1. The first-order valence-corrected chi connectivity index (χ1v) is 9.34. The highest BCUT2D eigenvalue weighted by Crippen LogP contribution is 2.45. The third-order valence-electron chi connectivity index (χ3n) is 3.98. The molecule has 3 rings (SSSR count). The zero-order valence-corrected chi connectivity index (χ0v) is 14.6. The first kappa shape index (κ1) is 16.4. The van der Waals surface area contributed by atoms with E-state index in [2.05, 4.69) is 0 Å². The average Bonchev–Trinajstić information content (AvgIpc) is 2.68. The van der Waals surface area contributed by atoms with Crippen LogP contribution in [0.25, 0.3) is 0 Å². The van der Waals surface area contributed by atoms with Crippen molar-refractivity contribution < 1.29 is 14.0 Å². The Morgan fingerprint density at radius 3 is 1.88 bits per heavy atom. The van der Waals surface area contributed by atoms with E-state index in [9.17, 15) is 4.57 Å². The normalized spacial score (nSPS) is 13.1. The van der Waals surface area contributed by atoms with E-state index in [1.807, 2.05) is 78.9 Å². The maximum atomic E-state index is 14.3. The molecule has 0 aromatic heterocycles. The molecule has 0 spiro atoms. The van der Waals surface area contributed by atoms with Crippen LogP contribution in [0.5, 0.6) is 11.5 Å². The number of rotatable bonds is 5. The van der Waals surface area contributed by atoms with Gasteiger partial charge in [-0.25, -0.2) is 0 Å². The van der Waals surface area contributed by atoms with Crippen LogP contribution in [0.1, 0.15) is 0 Å². The summed E-state index contributed by atoms with van der Waals surface area (Å²) in [5.41, 5.74) is 0. The van der Waals surface area contributed by atoms with E-state index in [4.69, 9.17) is 9.47 Å². The van der Waals surface area contributed by atoms with Gasteiger partial charge in [-0.1, -0.05) is 42.5 Å². The molecule has 0 N–H and O–H groups in total. The highest BCUT2D eigenvalue weighted by Gasteiger charge is 2.32. The fraction of sp³-hybridized carbons (Fsp3) is 0.100. The summed E-state index contributed by atoms with van der Waals surface area (Å²) in [6.45, 7) is 0. The minimum atomic E-state index is -3.04. The molecule has 3 aromatic rings. The van der Waals surface area contributed by atoms with Gasteiger partial charge in [0.05, 0.1) is 19.5 Å². The van der Waals surface area contributed by atoms with Gasteiger partial charge in [0.25, 0.3) is 0 Å². The number of hydrogen-bond acceptors (Lipinski definition) is 3. The van der Waals surface area contributed by atoms with Crippen LogP contribution in [-0.4, -0.2) is 14.2 Å². The summed E-state index contributed by atoms with van der Waals surface area (Å²) >= 11 is 0. The first-order valence-electron chi connectivity index (χ1n) is 7.64. The molecule has 0 aliphatic heterocycles. The van der Waals surface area contributed by atoms with Crippen LogP contribution >= 0.6 is 7.14 Å². The van der Waals surface area contributed by atoms with E-state index in [-0.39, 0.29) is 0 Å². The average molecular weight is 338 g/mol. The summed E-state index contributed by atoms with van der Waals surface area (Å²) in [5, 5.41) is 2.22. The lowest BCUT2D eigenvalue weighted by Crippen LogP contribution is -2.26. The molecule has 0 unspecified atom stereocenters. The quantitative estimate of drug-likeness (QED) is 0.670. The molecule has 0 bridgehead atoms. The van der Waals surface area contributed by atoms with Gasteiger partial charge in [0.1, 0.15) is 11.5 Å². The number of methoxy groups -OCH3 is 2. The van der Waals surface area contributed by atoms with Gasteiger partial charge in [-0.15, -0.1) is 0 Å². The van der Waals surface area contributed by atoms with E-state index in [1.54, 1.807) is 14.2 Å². The summed E-state index contributed by atoms with van der Waals surface area (Å²) in [6, 6.07) is 24.4. The van der Waals surface area contributed by atoms with Gasteiger partial charge in [0, 0.05) is 10.6 Å². The van der Waals surface area contributed by atoms with E-state index in [0.717, 1.165) is 16.4 Å². The van der Waals surface area contributed by atoms with Crippen LogP contribution in [0.15, 0.2) is 78.9 Å². The minimum Gasteiger partial charge on any atom is -0.497 e. The molecule has 1 atom stereocenters. The molecule has 0 saturated heterocycles. The van der Waals surface area contributed by atoms with Gasteiger partial charge in [-0.2, -0.15) is 0 Å². The molecule has 0 aliphatic carbocycles. The predicted molar refractivity (Wildman–Crippen MR) is 98.9 cm³/mol. The number of para-hydroxylation sites is 1. The van der Waals surface area contributed by atoms with Crippen LogP contribution < -0.4 is 25.4 Å². The molecule has 3 aromatic carbocycles. The van der Waals surface area contributed by atoms with Gasteiger partial charge >= 0.3 is 0 Å². The van der Waals surface area contributed by atoms with Crippen molar-refractivity contribution >= 4 is 23.1 Å². The van der Waals surface area contributed by atoms with Crippen LogP contribution in [0.2, 0.25) is 0 Å². The highest BCUT2D eigenvalue weighted by atomic mass is 31.2. The van der Waals surface area contributed by atoms with E-state index in [0.29, 0.717) is 11.1 Å². The van der Waals surface area contributed by atoms with Gasteiger partial charge < -0.3 is 14.0 Å². The molecular formula is C20H19O3P. The molecule has 0 radical (unpaired) electrons. The van der Waals surface area contributed by atoms with Crippen LogP contribution in [0, 0.1) is 0 Å². The maximum Gasteiger partial charge on any atom is 0.174 e. The fourth-order valence-electron chi connectivity index (χ4n) is 2.75. The van der Waals surface area contributed by atoms with Crippen molar-refractivity contribution in [1.29, 1.82) is 0 Å². The molecule has 0 amide bonds. The van der Waals surface area contributed by atoms with Crippen molar-refractivity contribution in [3.05, 3.63) is 78.9 Å². The van der Waals surface area contributed by atoms with Gasteiger partial charge in [0.2, 0.25) is 0 Å². The SMILES string of the molecule is COc1ccc([P@@](=O)(c2ccccc2)c2ccccc2OC)cc1. The molecule has 122 valence electrons. The molecule has 24 heavy (non-hydrogen) atoms. The minimum absolute atomic E-state index is 0.625. The van der Waals surface area contributed by atoms with Crippen LogP contribution in [0.4, 0.5) is 0 Å². The Kier molecular flexibility index (Phi) is 4.73. The second-order valence-electron chi connectivity index (χ2n) is 5.31. The summed E-state index contributed by atoms with van der Waals surface area (Å²) in [7, 11) is 0.175. The summed E-state index contributed by atoms with van der Waals surface area (Å²) in [5.74, 6) is 1.36. The fourth-order valence-corrected chi connectivity index (χ4v) is 5.53. The number of ether oxygens (including phenoxy) is 2. The zero-order chi connectivity index (χ0) is 17.0. The Morgan fingerprint density at radius 1 is 0.667 bits per heavy atom. The van der Waals surface area contributed by atoms with E-state index < -0.39 is 7.14 Å². The summed E-state index contributed by atoms with van der Waals surface area (Å²) < 4.78 is 25.0. The predicted octanol–water partition coefficient (Wildman–Crippen LogP) is 3.34. The molecular weight excluding hydrogens is 319 g/mol. The van der Waals surface area contributed by atoms with E-state index >= 15 is 0 Å².